The van der Waals surface area contributed by atoms with E-state index in [0.29, 0.717) is 5.41 Å². The van der Waals surface area contributed by atoms with E-state index >= 15 is 0 Å². The lowest BCUT2D eigenvalue weighted by Crippen LogP contribution is -2.25. The molecule has 0 radical (unpaired) electrons. The first-order valence-corrected chi connectivity index (χ1v) is 8.01. The summed E-state index contributed by atoms with van der Waals surface area (Å²) in [4.78, 5) is 2.46. The Morgan fingerprint density at radius 2 is 2.11 bits per heavy atom. The summed E-state index contributed by atoms with van der Waals surface area (Å²) in [5.41, 5.74) is 2.82. The van der Waals surface area contributed by atoms with Gasteiger partial charge in [0.2, 0.25) is 0 Å². The molecule has 1 aromatic carbocycles. The van der Waals surface area contributed by atoms with Crippen molar-refractivity contribution in [3.63, 3.8) is 0 Å². The smallest absolute Gasteiger partial charge is 0.0467 e. The third kappa shape index (κ3) is 3.03. The van der Waals surface area contributed by atoms with Gasteiger partial charge in [0.15, 0.2) is 0 Å². The summed E-state index contributed by atoms with van der Waals surface area (Å²) < 4.78 is 0. The van der Waals surface area contributed by atoms with Crippen molar-refractivity contribution in [3.8, 4) is 0 Å². The molecule has 3 heteroatoms. The van der Waals surface area contributed by atoms with Crippen LogP contribution in [0.25, 0.3) is 0 Å². The molecule has 0 amide bonds. The van der Waals surface area contributed by atoms with Crippen LogP contribution in [0.3, 0.4) is 0 Å². The van der Waals surface area contributed by atoms with Crippen LogP contribution in [0.5, 0.6) is 0 Å². The number of hydrogen-bond acceptors (Lipinski definition) is 1. The van der Waals surface area contributed by atoms with Gasteiger partial charge < -0.3 is 4.90 Å². The largest absolute Gasteiger partial charge is 0.371 e. The monoisotopic (exact) mass is 329 g/mol. The predicted molar refractivity (Wildman–Crippen MR) is 83.9 cm³/mol. The SMILES string of the molecule is CC(C)(C)C1CCN(c2ccc(CBr)c(Cl)c2)C1. The van der Waals surface area contributed by atoms with Crippen molar-refractivity contribution >= 4 is 33.2 Å². The van der Waals surface area contributed by atoms with Crippen LogP contribution in [0.2, 0.25) is 5.02 Å². The first kappa shape index (κ1) is 14.2. The molecule has 1 saturated heterocycles. The topological polar surface area (TPSA) is 3.24 Å². The van der Waals surface area contributed by atoms with Gasteiger partial charge in [0.1, 0.15) is 0 Å². The summed E-state index contributed by atoms with van der Waals surface area (Å²) in [6, 6.07) is 6.41. The molecule has 1 unspecified atom stereocenters. The molecule has 0 N–H and O–H groups in total. The summed E-state index contributed by atoms with van der Waals surface area (Å²) in [5.74, 6) is 0.770. The molecular formula is C15H21BrClN. The van der Waals surface area contributed by atoms with Crippen LogP contribution in [0, 0.1) is 11.3 Å². The van der Waals surface area contributed by atoms with Gasteiger partial charge in [0.05, 0.1) is 0 Å². The molecule has 0 aromatic heterocycles. The van der Waals surface area contributed by atoms with Crippen LogP contribution in [-0.2, 0) is 5.33 Å². The van der Waals surface area contributed by atoms with Crippen molar-refractivity contribution in [2.45, 2.75) is 32.5 Å². The molecule has 1 nitrogen and oxygen atoms in total. The molecule has 1 aliphatic rings. The molecule has 1 aromatic rings. The Balaban J connectivity index is 2.12. The van der Waals surface area contributed by atoms with E-state index in [2.05, 4.69) is 59.8 Å². The number of rotatable bonds is 2. The number of halogens is 2. The van der Waals surface area contributed by atoms with Crippen molar-refractivity contribution in [3.05, 3.63) is 28.8 Å². The van der Waals surface area contributed by atoms with Gasteiger partial charge in [-0.25, -0.2) is 0 Å². The minimum Gasteiger partial charge on any atom is -0.371 e. The van der Waals surface area contributed by atoms with E-state index in [-0.39, 0.29) is 0 Å². The average Bonchev–Trinajstić information content (AvgIpc) is 2.77. The van der Waals surface area contributed by atoms with Gasteiger partial charge in [-0.05, 0) is 35.4 Å². The first-order chi connectivity index (χ1) is 8.41. The minimum absolute atomic E-state index is 0.397. The molecule has 1 aliphatic heterocycles. The van der Waals surface area contributed by atoms with Crippen molar-refractivity contribution in [2.24, 2.45) is 11.3 Å². The fraction of sp³-hybridized carbons (Fsp3) is 0.600. The number of alkyl halides is 1. The number of hydrogen-bond donors (Lipinski definition) is 0. The van der Waals surface area contributed by atoms with Crippen LogP contribution in [-0.4, -0.2) is 13.1 Å². The lowest BCUT2D eigenvalue weighted by atomic mass is 9.80. The van der Waals surface area contributed by atoms with Gasteiger partial charge in [0, 0.05) is 29.1 Å². The molecule has 2 rings (SSSR count). The van der Waals surface area contributed by atoms with Crippen LogP contribution < -0.4 is 4.90 Å². The zero-order chi connectivity index (χ0) is 13.3. The van der Waals surface area contributed by atoms with Crippen LogP contribution in [0.1, 0.15) is 32.8 Å². The van der Waals surface area contributed by atoms with E-state index in [9.17, 15) is 0 Å². The second kappa shape index (κ2) is 5.42. The predicted octanol–water partition coefficient (Wildman–Crippen LogP) is 5.11. The second-order valence-electron chi connectivity index (χ2n) is 6.21. The fourth-order valence-corrected chi connectivity index (χ4v) is 3.43. The third-order valence-corrected chi connectivity index (χ3v) is 4.91. The molecule has 0 bridgehead atoms. The van der Waals surface area contributed by atoms with E-state index in [1.165, 1.54) is 12.1 Å². The fourth-order valence-electron chi connectivity index (χ4n) is 2.54. The van der Waals surface area contributed by atoms with E-state index in [1.807, 2.05) is 0 Å². The van der Waals surface area contributed by atoms with Gasteiger partial charge >= 0.3 is 0 Å². The molecule has 0 aliphatic carbocycles. The van der Waals surface area contributed by atoms with Crippen LogP contribution in [0.4, 0.5) is 5.69 Å². The molecule has 0 saturated carbocycles. The van der Waals surface area contributed by atoms with E-state index in [4.69, 9.17) is 11.6 Å². The van der Waals surface area contributed by atoms with Gasteiger partial charge in [-0.1, -0.05) is 54.4 Å². The highest BCUT2D eigenvalue weighted by Gasteiger charge is 2.31. The highest BCUT2D eigenvalue weighted by atomic mass is 79.9. The number of benzene rings is 1. The Kier molecular flexibility index (Phi) is 4.28. The molecule has 1 atom stereocenters. The van der Waals surface area contributed by atoms with Crippen molar-refractivity contribution in [2.75, 3.05) is 18.0 Å². The zero-order valence-corrected chi connectivity index (χ0v) is 13.7. The minimum atomic E-state index is 0.397. The summed E-state index contributed by atoms with van der Waals surface area (Å²) in [6.07, 6.45) is 1.28. The summed E-state index contributed by atoms with van der Waals surface area (Å²) in [7, 11) is 0. The molecule has 1 fully saturated rings. The van der Waals surface area contributed by atoms with Gasteiger partial charge in [-0.2, -0.15) is 0 Å². The van der Waals surface area contributed by atoms with Gasteiger partial charge in [-0.3, -0.25) is 0 Å². The molecule has 18 heavy (non-hydrogen) atoms. The average molecular weight is 331 g/mol. The first-order valence-electron chi connectivity index (χ1n) is 6.51. The maximum atomic E-state index is 6.28. The molecule has 0 spiro atoms. The number of anilines is 1. The Bertz CT molecular complexity index is 425. The van der Waals surface area contributed by atoms with Crippen molar-refractivity contribution in [1.29, 1.82) is 0 Å². The highest BCUT2D eigenvalue weighted by molar-refractivity contribution is 9.08. The molecule has 1 heterocycles. The summed E-state index contributed by atoms with van der Waals surface area (Å²) >= 11 is 9.73. The quantitative estimate of drug-likeness (QED) is 0.681. The number of nitrogens with zero attached hydrogens (tertiary/aromatic N) is 1. The Hall–Kier alpha value is -0.210. The van der Waals surface area contributed by atoms with E-state index in [0.717, 1.165) is 34.9 Å². The summed E-state index contributed by atoms with van der Waals surface area (Å²) in [5, 5.41) is 1.68. The van der Waals surface area contributed by atoms with E-state index in [1.54, 1.807) is 0 Å². The lowest BCUT2D eigenvalue weighted by Gasteiger charge is -2.27. The second-order valence-corrected chi connectivity index (χ2v) is 7.17. The maximum Gasteiger partial charge on any atom is 0.0467 e. The molecule has 100 valence electrons. The van der Waals surface area contributed by atoms with Crippen molar-refractivity contribution < 1.29 is 0 Å². The third-order valence-electron chi connectivity index (χ3n) is 3.96. The van der Waals surface area contributed by atoms with Gasteiger partial charge in [-0.15, -0.1) is 0 Å². The Labute approximate surface area is 124 Å². The lowest BCUT2D eigenvalue weighted by molar-refractivity contribution is 0.263. The van der Waals surface area contributed by atoms with E-state index < -0.39 is 0 Å². The standard InChI is InChI=1S/C15H21BrClN/c1-15(2,3)12-6-7-18(10-12)13-5-4-11(9-16)14(17)8-13/h4-5,8,12H,6-7,9-10H2,1-3H3. The Morgan fingerprint density at radius 1 is 1.39 bits per heavy atom. The van der Waals surface area contributed by atoms with Crippen LogP contribution >= 0.6 is 27.5 Å². The van der Waals surface area contributed by atoms with Crippen LogP contribution in [0.15, 0.2) is 18.2 Å². The van der Waals surface area contributed by atoms with Crippen molar-refractivity contribution in [1.82, 2.24) is 0 Å². The maximum absolute atomic E-state index is 6.28. The highest BCUT2D eigenvalue weighted by Crippen LogP contribution is 2.36. The normalized spacial score (nSPS) is 20.5. The molecular weight excluding hydrogens is 310 g/mol. The summed E-state index contributed by atoms with van der Waals surface area (Å²) in [6.45, 7) is 9.30. The Morgan fingerprint density at radius 3 is 2.61 bits per heavy atom. The zero-order valence-electron chi connectivity index (χ0n) is 11.3. The van der Waals surface area contributed by atoms with Gasteiger partial charge in [0.25, 0.3) is 0 Å².